The van der Waals surface area contributed by atoms with Gasteiger partial charge in [-0.1, -0.05) is 24.3 Å². The van der Waals surface area contributed by atoms with Crippen molar-refractivity contribution in [3.05, 3.63) is 76.9 Å². The Bertz CT molecular complexity index is 781. The van der Waals surface area contributed by atoms with Gasteiger partial charge in [0.1, 0.15) is 13.1 Å². The number of urea groups is 1. The Balaban J connectivity index is 1.56. The van der Waals surface area contributed by atoms with Crippen molar-refractivity contribution in [2.24, 2.45) is 0 Å². The van der Waals surface area contributed by atoms with Crippen LogP contribution in [0, 0.1) is 0 Å². The number of imide groups is 1. The van der Waals surface area contributed by atoms with Gasteiger partial charge in [-0.05, 0) is 35.7 Å². The van der Waals surface area contributed by atoms with Gasteiger partial charge in [-0.2, -0.15) is 0 Å². The van der Waals surface area contributed by atoms with Crippen LogP contribution in [0.15, 0.2) is 70.7 Å². The average molecular weight is 370 g/mol. The number of amides is 3. The fraction of sp³-hybridized carbons (Fsp3) is 0.158. The molecule has 3 amide bonds. The van der Waals surface area contributed by atoms with E-state index in [0.29, 0.717) is 18.8 Å². The number of para-hydroxylation sites is 1. The first kappa shape index (κ1) is 17.9. The molecule has 0 saturated heterocycles. The summed E-state index contributed by atoms with van der Waals surface area (Å²) in [4.78, 5) is 26.4. The maximum Gasteiger partial charge on any atom is 0.326 e. The Morgan fingerprint density at radius 1 is 1.00 bits per heavy atom. The number of thiophene rings is 1. The lowest BCUT2D eigenvalue weighted by molar-refractivity contribution is -0.920. The van der Waals surface area contributed by atoms with Gasteiger partial charge in [0.2, 0.25) is 0 Å². The van der Waals surface area contributed by atoms with Crippen LogP contribution in [0.5, 0.6) is 0 Å². The Kier molecular flexibility index (Phi) is 6.19. The van der Waals surface area contributed by atoms with E-state index in [1.807, 2.05) is 47.8 Å². The van der Waals surface area contributed by atoms with Crippen LogP contribution < -0.4 is 15.5 Å². The molecule has 1 aromatic carbocycles. The second-order valence-electron chi connectivity index (χ2n) is 5.81. The normalized spacial score (nSPS) is 11.7. The summed E-state index contributed by atoms with van der Waals surface area (Å²) in [6, 6.07) is 16.2. The molecule has 134 valence electrons. The van der Waals surface area contributed by atoms with E-state index >= 15 is 0 Å². The SMILES string of the molecule is O=C(C[NH+](Cc1ccco1)Cc1cccs1)NC(=O)Nc1ccccc1. The fourth-order valence-electron chi connectivity index (χ4n) is 2.59. The van der Waals surface area contributed by atoms with Gasteiger partial charge in [-0.3, -0.25) is 10.1 Å². The van der Waals surface area contributed by atoms with E-state index in [-0.39, 0.29) is 12.5 Å². The molecular formula is C19H20N3O3S+. The van der Waals surface area contributed by atoms with Crippen LogP contribution in [0.2, 0.25) is 0 Å². The van der Waals surface area contributed by atoms with E-state index < -0.39 is 6.03 Å². The van der Waals surface area contributed by atoms with Crippen LogP contribution in [0.4, 0.5) is 10.5 Å². The second-order valence-corrected chi connectivity index (χ2v) is 6.84. The van der Waals surface area contributed by atoms with Crippen LogP contribution in [-0.2, 0) is 17.9 Å². The molecule has 2 aromatic heterocycles. The molecule has 0 aliphatic heterocycles. The molecule has 0 saturated carbocycles. The summed E-state index contributed by atoms with van der Waals surface area (Å²) in [6.07, 6.45) is 1.62. The molecule has 3 rings (SSSR count). The molecule has 0 bridgehead atoms. The monoisotopic (exact) mass is 370 g/mol. The van der Waals surface area contributed by atoms with E-state index in [1.54, 1.807) is 29.7 Å². The lowest BCUT2D eigenvalue weighted by Gasteiger charge is -2.17. The highest BCUT2D eigenvalue weighted by atomic mass is 32.1. The number of carbonyl (C=O) groups is 2. The van der Waals surface area contributed by atoms with Gasteiger partial charge >= 0.3 is 6.03 Å². The van der Waals surface area contributed by atoms with Crippen molar-refractivity contribution < 1.29 is 18.9 Å². The van der Waals surface area contributed by atoms with Crippen molar-refractivity contribution in [3.8, 4) is 0 Å². The number of hydrogen-bond donors (Lipinski definition) is 3. The molecule has 1 atom stereocenters. The molecule has 3 aromatic rings. The summed E-state index contributed by atoms with van der Waals surface area (Å²) in [5, 5.41) is 7.03. The summed E-state index contributed by atoms with van der Waals surface area (Å²) in [5.74, 6) is 0.467. The zero-order chi connectivity index (χ0) is 18.2. The topological polar surface area (TPSA) is 75.8 Å². The zero-order valence-electron chi connectivity index (χ0n) is 14.1. The Labute approximate surface area is 155 Å². The number of anilines is 1. The van der Waals surface area contributed by atoms with Crippen molar-refractivity contribution in [1.29, 1.82) is 0 Å². The number of hydrogen-bond acceptors (Lipinski definition) is 4. The molecule has 0 fully saturated rings. The number of furan rings is 1. The standard InChI is InChI=1S/C19H19N3O3S/c23-18(21-19(24)20-15-6-2-1-3-7-15)14-22(12-16-8-4-10-25-16)13-17-9-5-11-26-17/h1-11H,12-14H2,(H2,20,21,23,24)/p+1. The first-order valence-corrected chi connectivity index (χ1v) is 9.11. The van der Waals surface area contributed by atoms with Crippen LogP contribution in [-0.4, -0.2) is 18.5 Å². The van der Waals surface area contributed by atoms with Crippen molar-refractivity contribution in [2.45, 2.75) is 13.1 Å². The quantitative estimate of drug-likeness (QED) is 0.597. The van der Waals surface area contributed by atoms with Crippen molar-refractivity contribution in [1.82, 2.24) is 5.32 Å². The maximum absolute atomic E-state index is 12.3. The molecule has 2 heterocycles. The maximum atomic E-state index is 12.3. The Morgan fingerprint density at radius 3 is 2.54 bits per heavy atom. The lowest BCUT2D eigenvalue weighted by atomic mass is 10.3. The molecule has 1 unspecified atom stereocenters. The largest absolute Gasteiger partial charge is 0.463 e. The van der Waals surface area contributed by atoms with Crippen LogP contribution in [0.3, 0.4) is 0 Å². The molecule has 0 radical (unpaired) electrons. The minimum atomic E-state index is -0.533. The number of rotatable bonds is 7. The first-order valence-electron chi connectivity index (χ1n) is 8.23. The molecular weight excluding hydrogens is 350 g/mol. The Morgan fingerprint density at radius 2 is 1.85 bits per heavy atom. The van der Waals surface area contributed by atoms with Gasteiger partial charge in [0.15, 0.2) is 12.3 Å². The predicted octanol–water partition coefficient (Wildman–Crippen LogP) is 2.27. The van der Waals surface area contributed by atoms with Crippen molar-refractivity contribution in [3.63, 3.8) is 0 Å². The molecule has 0 aliphatic carbocycles. The zero-order valence-corrected chi connectivity index (χ0v) is 14.9. The van der Waals surface area contributed by atoms with Crippen LogP contribution in [0.25, 0.3) is 0 Å². The summed E-state index contributed by atoms with van der Waals surface area (Å²) in [5.41, 5.74) is 0.635. The minimum absolute atomic E-state index is 0.167. The number of quaternary nitrogens is 1. The summed E-state index contributed by atoms with van der Waals surface area (Å²) < 4.78 is 5.40. The third-order valence-corrected chi connectivity index (χ3v) is 4.58. The van der Waals surface area contributed by atoms with Gasteiger partial charge in [0.05, 0.1) is 11.1 Å². The van der Waals surface area contributed by atoms with E-state index in [1.165, 1.54) is 4.88 Å². The number of carbonyl (C=O) groups excluding carboxylic acids is 2. The molecule has 26 heavy (non-hydrogen) atoms. The molecule has 7 heteroatoms. The van der Waals surface area contributed by atoms with E-state index in [9.17, 15) is 9.59 Å². The van der Waals surface area contributed by atoms with Gasteiger partial charge in [0, 0.05) is 5.69 Å². The number of benzene rings is 1. The predicted molar refractivity (Wildman–Crippen MR) is 99.9 cm³/mol. The minimum Gasteiger partial charge on any atom is -0.463 e. The Hall–Kier alpha value is -2.90. The number of nitrogens with one attached hydrogen (secondary N) is 3. The highest BCUT2D eigenvalue weighted by Gasteiger charge is 2.19. The highest BCUT2D eigenvalue weighted by molar-refractivity contribution is 7.09. The summed E-state index contributed by atoms with van der Waals surface area (Å²) >= 11 is 1.64. The van der Waals surface area contributed by atoms with Gasteiger partial charge in [-0.25, -0.2) is 4.79 Å². The van der Waals surface area contributed by atoms with E-state index in [2.05, 4.69) is 10.6 Å². The van der Waals surface area contributed by atoms with Crippen molar-refractivity contribution in [2.75, 3.05) is 11.9 Å². The van der Waals surface area contributed by atoms with Gasteiger partial charge < -0.3 is 14.6 Å². The summed E-state index contributed by atoms with van der Waals surface area (Å²) in [6.45, 7) is 1.42. The lowest BCUT2D eigenvalue weighted by Crippen LogP contribution is -3.10. The molecule has 0 aliphatic rings. The third-order valence-electron chi connectivity index (χ3n) is 3.70. The molecule has 0 spiro atoms. The van der Waals surface area contributed by atoms with Gasteiger partial charge in [-0.15, -0.1) is 11.3 Å². The third kappa shape index (κ3) is 5.58. The van der Waals surface area contributed by atoms with E-state index in [4.69, 9.17) is 4.42 Å². The molecule has 3 N–H and O–H groups in total. The molecule has 6 nitrogen and oxygen atoms in total. The van der Waals surface area contributed by atoms with E-state index in [0.717, 1.165) is 10.7 Å². The average Bonchev–Trinajstić information content (AvgIpc) is 3.29. The highest BCUT2D eigenvalue weighted by Crippen LogP contribution is 2.07. The fourth-order valence-corrected chi connectivity index (χ4v) is 3.36. The van der Waals surface area contributed by atoms with Crippen LogP contribution >= 0.6 is 11.3 Å². The first-order chi connectivity index (χ1) is 12.7. The summed E-state index contributed by atoms with van der Waals surface area (Å²) in [7, 11) is 0. The van der Waals surface area contributed by atoms with Gasteiger partial charge in [0.25, 0.3) is 5.91 Å². The van der Waals surface area contributed by atoms with Crippen molar-refractivity contribution >= 4 is 29.0 Å². The van der Waals surface area contributed by atoms with Crippen LogP contribution in [0.1, 0.15) is 10.6 Å². The smallest absolute Gasteiger partial charge is 0.326 e. The second kappa shape index (κ2) is 8.98.